The van der Waals surface area contributed by atoms with Gasteiger partial charge in [0.25, 0.3) is 5.91 Å². The Morgan fingerprint density at radius 3 is 2.88 bits per heavy atom. The zero-order chi connectivity index (χ0) is 18.1. The molecule has 0 saturated carbocycles. The van der Waals surface area contributed by atoms with E-state index in [4.69, 9.17) is 0 Å². The number of carbonyl (C=O) groups is 1. The average molecular weight is 351 g/mol. The molecule has 0 aliphatic carbocycles. The lowest BCUT2D eigenvalue weighted by Gasteiger charge is -2.23. The summed E-state index contributed by atoms with van der Waals surface area (Å²) in [5.41, 5.74) is 3.32. The minimum atomic E-state index is -0.682. The van der Waals surface area contributed by atoms with Crippen molar-refractivity contribution < 1.29 is 4.79 Å². The molecule has 1 amide bonds. The Bertz CT molecular complexity index is 926. The summed E-state index contributed by atoms with van der Waals surface area (Å²) in [4.78, 5) is 12.8. The van der Waals surface area contributed by atoms with Gasteiger partial charge in [0.2, 0.25) is 0 Å². The van der Waals surface area contributed by atoms with Gasteiger partial charge in [-0.2, -0.15) is 5.10 Å². The first kappa shape index (κ1) is 16.5. The third-order valence-corrected chi connectivity index (χ3v) is 4.60. The normalized spacial score (nSPS) is 14.1. The van der Waals surface area contributed by atoms with Crippen molar-refractivity contribution in [3.8, 4) is 5.69 Å². The molecule has 1 aliphatic rings. The van der Waals surface area contributed by atoms with E-state index in [9.17, 15) is 4.79 Å². The molecule has 1 aromatic carbocycles. The number of aromatic amines is 1. The molecular weight excluding hydrogens is 330 g/mol. The lowest BCUT2D eigenvalue weighted by atomic mass is 10.0. The van der Waals surface area contributed by atoms with Crippen molar-refractivity contribution in [3.63, 3.8) is 0 Å². The molecule has 26 heavy (non-hydrogen) atoms. The van der Waals surface area contributed by atoms with E-state index in [1.54, 1.807) is 4.68 Å². The van der Waals surface area contributed by atoms with Crippen LogP contribution in [0, 0.1) is 0 Å². The summed E-state index contributed by atoms with van der Waals surface area (Å²) in [7, 11) is 0. The van der Waals surface area contributed by atoms with E-state index < -0.39 is 5.54 Å². The van der Waals surface area contributed by atoms with Crippen LogP contribution in [0.2, 0.25) is 0 Å². The topological polar surface area (TPSA) is 101 Å². The first-order valence-electron chi connectivity index (χ1n) is 8.62. The van der Waals surface area contributed by atoms with Gasteiger partial charge in [0.15, 0.2) is 5.69 Å². The highest BCUT2D eigenvalue weighted by atomic mass is 16.2. The molecule has 8 heteroatoms. The maximum Gasteiger partial charge on any atom is 0.272 e. The van der Waals surface area contributed by atoms with Gasteiger partial charge in [-0.25, -0.2) is 4.68 Å². The van der Waals surface area contributed by atoms with Gasteiger partial charge in [-0.1, -0.05) is 23.4 Å². The molecule has 0 radical (unpaired) electrons. The largest absolute Gasteiger partial charge is 0.340 e. The van der Waals surface area contributed by atoms with E-state index in [-0.39, 0.29) is 5.91 Å². The first-order chi connectivity index (χ1) is 12.5. The molecule has 0 saturated heterocycles. The molecule has 3 N–H and O–H groups in total. The summed E-state index contributed by atoms with van der Waals surface area (Å²) >= 11 is 0. The highest BCUT2D eigenvalue weighted by Gasteiger charge is 2.30. The fourth-order valence-electron chi connectivity index (χ4n) is 3.08. The highest BCUT2D eigenvalue weighted by Crippen LogP contribution is 2.21. The maximum absolute atomic E-state index is 12.8. The van der Waals surface area contributed by atoms with Crippen LogP contribution in [0.3, 0.4) is 0 Å². The number of hydrogen-bond donors (Lipinski definition) is 3. The van der Waals surface area contributed by atoms with Gasteiger partial charge in [-0.3, -0.25) is 9.89 Å². The number of fused-ring (bicyclic) bond motifs is 1. The monoisotopic (exact) mass is 351 g/mol. The molecule has 8 nitrogen and oxygen atoms in total. The van der Waals surface area contributed by atoms with Gasteiger partial charge in [0.05, 0.1) is 17.4 Å². The second-order valence-corrected chi connectivity index (χ2v) is 6.92. The van der Waals surface area contributed by atoms with E-state index in [1.165, 1.54) is 0 Å². The smallest absolute Gasteiger partial charge is 0.272 e. The number of amides is 1. The van der Waals surface area contributed by atoms with E-state index in [0.29, 0.717) is 17.9 Å². The number of carbonyl (C=O) groups excluding carboxylic acids is 1. The van der Waals surface area contributed by atoms with Crippen LogP contribution in [0.15, 0.2) is 36.5 Å². The van der Waals surface area contributed by atoms with Crippen molar-refractivity contribution in [2.24, 2.45) is 0 Å². The molecular formula is C18H21N7O. The van der Waals surface area contributed by atoms with Crippen molar-refractivity contribution in [3.05, 3.63) is 59.2 Å². The Morgan fingerprint density at radius 1 is 1.27 bits per heavy atom. The Balaban J connectivity index is 1.55. The van der Waals surface area contributed by atoms with Crippen molar-refractivity contribution in [1.29, 1.82) is 0 Å². The molecule has 0 unspecified atom stereocenters. The van der Waals surface area contributed by atoms with Crippen LogP contribution >= 0.6 is 0 Å². The number of nitrogens with zero attached hydrogens (tertiary/aromatic N) is 4. The predicted molar refractivity (Wildman–Crippen MR) is 95.8 cm³/mol. The highest BCUT2D eigenvalue weighted by molar-refractivity contribution is 5.94. The van der Waals surface area contributed by atoms with Crippen LogP contribution in [0.1, 0.15) is 41.3 Å². The predicted octanol–water partition coefficient (Wildman–Crippen LogP) is 1.30. The lowest BCUT2D eigenvalue weighted by molar-refractivity contribution is 0.0904. The standard InChI is InChI=1S/C18H21N7O/c1-18(2,15-11-25(24-22-15)12-6-4-3-5-7-12)20-17(26)16-13-10-19-9-8-14(13)21-23-16/h3-7,11,19H,8-10H2,1-2H3,(H,20,26)(H,21,23). The van der Waals surface area contributed by atoms with Crippen LogP contribution in [0.5, 0.6) is 0 Å². The third kappa shape index (κ3) is 2.99. The summed E-state index contributed by atoms with van der Waals surface area (Å²) in [5.74, 6) is -0.217. The fraction of sp³-hybridized carbons (Fsp3) is 0.333. The van der Waals surface area contributed by atoms with Gasteiger partial charge in [-0.05, 0) is 26.0 Å². The van der Waals surface area contributed by atoms with Crippen LogP contribution in [0.25, 0.3) is 5.69 Å². The third-order valence-electron chi connectivity index (χ3n) is 4.60. The van der Waals surface area contributed by atoms with Gasteiger partial charge in [0, 0.05) is 30.8 Å². The summed E-state index contributed by atoms with van der Waals surface area (Å²) < 4.78 is 1.70. The minimum absolute atomic E-state index is 0.217. The number of hydrogen-bond acceptors (Lipinski definition) is 5. The summed E-state index contributed by atoms with van der Waals surface area (Å²) in [6.07, 6.45) is 2.68. The Morgan fingerprint density at radius 2 is 2.08 bits per heavy atom. The van der Waals surface area contributed by atoms with Crippen molar-refractivity contribution in [1.82, 2.24) is 35.8 Å². The molecule has 4 rings (SSSR count). The van der Waals surface area contributed by atoms with Gasteiger partial charge >= 0.3 is 0 Å². The fourth-order valence-corrected chi connectivity index (χ4v) is 3.08. The molecule has 0 spiro atoms. The summed E-state index contributed by atoms with van der Waals surface area (Å²) in [6, 6.07) is 9.74. The number of aromatic nitrogens is 5. The van der Waals surface area contributed by atoms with Crippen LogP contribution in [0.4, 0.5) is 0 Å². The van der Waals surface area contributed by atoms with Crippen molar-refractivity contribution in [2.75, 3.05) is 6.54 Å². The molecule has 0 atom stereocenters. The van der Waals surface area contributed by atoms with E-state index in [0.717, 1.165) is 29.9 Å². The minimum Gasteiger partial charge on any atom is -0.340 e. The zero-order valence-corrected chi connectivity index (χ0v) is 14.8. The molecule has 0 fully saturated rings. The van der Waals surface area contributed by atoms with Crippen LogP contribution in [-0.2, 0) is 18.5 Å². The van der Waals surface area contributed by atoms with E-state index in [2.05, 4.69) is 31.1 Å². The van der Waals surface area contributed by atoms with Crippen LogP contribution < -0.4 is 10.6 Å². The molecule has 134 valence electrons. The molecule has 1 aliphatic heterocycles. The second-order valence-electron chi connectivity index (χ2n) is 6.92. The number of benzene rings is 1. The first-order valence-corrected chi connectivity index (χ1v) is 8.62. The van der Waals surface area contributed by atoms with Gasteiger partial charge in [0.1, 0.15) is 5.69 Å². The average Bonchev–Trinajstić information content (AvgIpc) is 3.30. The summed E-state index contributed by atoms with van der Waals surface area (Å²) in [5, 5.41) is 21.9. The maximum atomic E-state index is 12.8. The Kier molecular flexibility index (Phi) is 4.04. The number of para-hydroxylation sites is 1. The molecule has 3 aromatic rings. The molecule has 0 bridgehead atoms. The quantitative estimate of drug-likeness (QED) is 0.658. The molecule has 2 aromatic heterocycles. The summed E-state index contributed by atoms with van der Waals surface area (Å²) in [6.45, 7) is 5.35. The number of rotatable bonds is 4. The van der Waals surface area contributed by atoms with Crippen molar-refractivity contribution >= 4 is 5.91 Å². The Labute approximate surface area is 151 Å². The second kappa shape index (κ2) is 6.38. The Hall–Kier alpha value is -3.00. The van der Waals surface area contributed by atoms with Crippen LogP contribution in [-0.4, -0.2) is 37.6 Å². The number of H-pyrrole nitrogens is 1. The van der Waals surface area contributed by atoms with Crippen molar-refractivity contribution in [2.45, 2.75) is 32.4 Å². The lowest BCUT2D eigenvalue weighted by Crippen LogP contribution is -2.42. The number of nitrogens with one attached hydrogen (secondary N) is 3. The van der Waals surface area contributed by atoms with E-state index >= 15 is 0 Å². The van der Waals surface area contributed by atoms with Gasteiger partial charge < -0.3 is 10.6 Å². The van der Waals surface area contributed by atoms with Gasteiger partial charge in [-0.15, -0.1) is 5.10 Å². The zero-order valence-electron chi connectivity index (χ0n) is 14.8. The SMILES string of the molecule is CC(C)(NC(=O)c1n[nH]c2c1CNCC2)c1cn(-c2ccccc2)nn1. The van der Waals surface area contributed by atoms with E-state index in [1.807, 2.05) is 50.4 Å². The molecule has 3 heterocycles.